The summed E-state index contributed by atoms with van der Waals surface area (Å²) >= 11 is 1.47. The smallest absolute Gasteiger partial charge is 0.293 e. The number of carbonyl (C=O) groups excluding carboxylic acids is 1. The monoisotopic (exact) mass is 343 g/mol. The first kappa shape index (κ1) is 15.3. The summed E-state index contributed by atoms with van der Waals surface area (Å²) in [6, 6.07) is 9.55. The third-order valence-electron chi connectivity index (χ3n) is 3.93. The molecule has 2 aromatic heterocycles. The molecule has 6 nitrogen and oxygen atoms in total. The SMILES string of the molecule is O=C(Nc1nc2ccc(CN3CCOCC3)cc2s1)c1ccco1. The summed E-state index contributed by atoms with van der Waals surface area (Å²) in [4.78, 5) is 18.9. The van der Waals surface area contributed by atoms with E-state index in [4.69, 9.17) is 9.15 Å². The zero-order valence-corrected chi connectivity index (χ0v) is 13.8. The highest BCUT2D eigenvalue weighted by molar-refractivity contribution is 7.22. The van der Waals surface area contributed by atoms with Gasteiger partial charge in [-0.15, -0.1) is 0 Å². The fourth-order valence-corrected chi connectivity index (χ4v) is 3.63. The molecule has 0 spiro atoms. The molecular weight excluding hydrogens is 326 g/mol. The number of hydrogen-bond acceptors (Lipinski definition) is 6. The van der Waals surface area contributed by atoms with Crippen LogP contribution in [0.2, 0.25) is 0 Å². The van der Waals surface area contributed by atoms with E-state index in [2.05, 4.69) is 27.3 Å². The lowest BCUT2D eigenvalue weighted by atomic mass is 10.2. The highest BCUT2D eigenvalue weighted by Gasteiger charge is 2.14. The number of rotatable bonds is 4. The van der Waals surface area contributed by atoms with Crippen molar-refractivity contribution in [3.8, 4) is 0 Å². The van der Waals surface area contributed by atoms with Gasteiger partial charge in [-0.05, 0) is 29.8 Å². The minimum atomic E-state index is -0.285. The summed E-state index contributed by atoms with van der Waals surface area (Å²) in [5.74, 6) is -0.00476. The van der Waals surface area contributed by atoms with Crippen molar-refractivity contribution < 1.29 is 13.9 Å². The van der Waals surface area contributed by atoms with Crippen LogP contribution in [0.3, 0.4) is 0 Å². The number of benzene rings is 1. The first-order valence-corrected chi connectivity index (χ1v) is 8.64. The summed E-state index contributed by atoms with van der Waals surface area (Å²) in [7, 11) is 0. The second-order valence-electron chi connectivity index (χ2n) is 5.64. The van der Waals surface area contributed by atoms with E-state index >= 15 is 0 Å². The second kappa shape index (κ2) is 6.72. The van der Waals surface area contributed by atoms with Gasteiger partial charge in [-0.3, -0.25) is 15.0 Å². The van der Waals surface area contributed by atoms with E-state index in [0.717, 1.165) is 43.1 Å². The van der Waals surface area contributed by atoms with Crippen LogP contribution in [0, 0.1) is 0 Å². The maximum atomic E-state index is 12.0. The number of thiazole rings is 1. The second-order valence-corrected chi connectivity index (χ2v) is 6.67. The minimum absolute atomic E-state index is 0.280. The Kier molecular flexibility index (Phi) is 4.29. The molecule has 7 heteroatoms. The Morgan fingerprint density at radius 3 is 2.96 bits per heavy atom. The molecule has 0 unspecified atom stereocenters. The van der Waals surface area contributed by atoms with E-state index in [-0.39, 0.29) is 11.7 Å². The first-order valence-electron chi connectivity index (χ1n) is 7.82. The van der Waals surface area contributed by atoms with Crippen molar-refractivity contribution in [3.05, 3.63) is 47.9 Å². The van der Waals surface area contributed by atoms with Crippen molar-refractivity contribution in [1.29, 1.82) is 0 Å². The average Bonchev–Trinajstić information content (AvgIpc) is 3.24. The fraction of sp³-hybridized carbons (Fsp3) is 0.294. The molecule has 1 aliphatic heterocycles. The maximum absolute atomic E-state index is 12.0. The largest absolute Gasteiger partial charge is 0.459 e. The van der Waals surface area contributed by atoms with Crippen LogP contribution >= 0.6 is 11.3 Å². The van der Waals surface area contributed by atoms with Crippen LogP contribution < -0.4 is 5.32 Å². The predicted octanol–water partition coefficient (Wildman–Crippen LogP) is 2.97. The Morgan fingerprint density at radius 1 is 1.29 bits per heavy atom. The molecule has 0 aliphatic carbocycles. The van der Waals surface area contributed by atoms with Crippen LogP contribution in [0.25, 0.3) is 10.2 Å². The first-order chi connectivity index (χ1) is 11.8. The molecule has 1 saturated heterocycles. The van der Waals surface area contributed by atoms with E-state index in [1.807, 2.05) is 6.07 Å². The molecule has 1 N–H and O–H groups in total. The number of furan rings is 1. The number of fused-ring (bicyclic) bond motifs is 1. The Hall–Kier alpha value is -2.22. The Balaban J connectivity index is 1.49. The van der Waals surface area contributed by atoms with Crippen molar-refractivity contribution >= 4 is 32.6 Å². The van der Waals surface area contributed by atoms with Crippen LogP contribution in [0.15, 0.2) is 41.0 Å². The highest BCUT2D eigenvalue weighted by Crippen LogP contribution is 2.27. The summed E-state index contributed by atoms with van der Waals surface area (Å²) in [5.41, 5.74) is 2.14. The number of nitrogens with one attached hydrogen (secondary N) is 1. The number of ether oxygens (including phenoxy) is 1. The standard InChI is InChI=1S/C17H17N3O3S/c21-16(14-2-1-7-23-14)19-17-18-13-4-3-12(10-15(13)24-17)11-20-5-8-22-9-6-20/h1-4,7,10H,5-6,8-9,11H2,(H,18,19,21). The molecule has 1 fully saturated rings. The van der Waals surface area contributed by atoms with Crippen LogP contribution in [0.4, 0.5) is 5.13 Å². The van der Waals surface area contributed by atoms with Gasteiger partial charge in [0, 0.05) is 19.6 Å². The number of hydrogen-bond donors (Lipinski definition) is 1. The van der Waals surface area contributed by atoms with Gasteiger partial charge in [-0.25, -0.2) is 4.98 Å². The van der Waals surface area contributed by atoms with Crippen LogP contribution in [0.5, 0.6) is 0 Å². The zero-order valence-electron chi connectivity index (χ0n) is 13.0. The molecule has 0 bridgehead atoms. The summed E-state index contributed by atoms with van der Waals surface area (Å²) in [5, 5.41) is 3.36. The Morgan fingerprint density at radius 2 is 2.17 bits per heavy atom. The highest BCUT2D eigenvalue weighted by atomic mass is 32.1. The molecule has 124 valence electrons. The molecule has 24 heavy (non-hydrogen) atoms. The third-order valence-corrected chi connectivity index (χ3v) is 4.86. The lowest BCUT2D eigenvalue weighted by Gasteiger charge is -2.26. The van der Waals surface area contributed by atoms with Gasteiger partial charge in [0.05, 0.1) is 29.7 Å². The van der Waals surface area contributed by atoms with Gasteiger partial charge >= 0.3 is 0 Å². The minimum Gasteiger partial charge on any atom is -0.459 e. The van der Waals surface area contributed by atoms with E-state index < -0.39 is 0 Å². The van der Waals surface area contributed by atoms with Gasteiger partial charge in [0.25, 0.3) is 5.91 Å². The van der Waals surface area contributed by atoms with Crippen LogP contribution in [0.1, 0.15) is 16.1 Å². The van der Waals surface area contributed by atoms with E-state index in [1.54, 1.807) is 12.1 Å². The topological polar surface area (TPSA) is 67.6 Å². The van der Waals surface area contributed by atoms with Gasteiger partial charge in [0.15, 0.2) is 10.9 Å². The van der Waals surface area contributed by atoms with Gasteiger partial charge in [0.1, 0.15) is 0 Å². The van der Waals surface area contributed by atoms with E-state index in [0.29, 0.717) is 5.13 Å². The molecule has 0 saturated carbocycles. The van der Waals surface area contributed by atoms with Crippen molar-refractivity contribution in [1.82, 2.24) is 9.88 Å². The van der Waals surface area contributed by atoms with Crippen LogP contribution in [-0.4, -0.2) is 42.1 Å². The molecule has 4 rings (SSSR count). The number of anilines is 1. The van der Waals surface area contributed by atoms with Gasteiger partial charge in [-0.1, -0.05) is 17.4 Å². The van der Waals surface area contributed by atoms with Crippen molar-refractivity contribution in [3.63, 3.8) is 0 Å². The zero-order chi connectivity index (χ0) is 16.4. The van der Waals surface area contributed by atoms with Crippen molar-refractivity contribution in [2.24, 2.45) is 0 Å². The number of nitrogens with zero attached hydrogens (tertiary/aromatic N) is 2. The quantitative estimate of drug-likeness (QED) is 0.789. The Bertz CT molecular complexity index is 838. The molecule has 0 atom stereocenters. The molecule has 1 amide bonds. The van der Waals surface area contributed by atoms with Crippen LogP contribution in [-0.2, 0) is 11.3 Å². The Labute approximate surface area is 143 Å². The number of amides is 1. The molecular formula is C17H17N3O3S. The number of morpholine rings is 1. The molecule has 3 heterocycles. The van der Waals surface area contributed by atoms with Crippen molar-refractivity contribution in [2.75, 3.05) is 31.6 Å². The van der Waals surface area contributed by atoms with Gasteiger partial charge in [-0.2, -0.15) is 0 Å². The predicted molar refractivity (Wildman–Crippen MR) is 92.4 cm³/mol. The summed E-state index contributed by atoms with van der Waals surface area (Å²) < 4.78 is 11.5. The summed E-state index contributed by atoms with van der Waals surface area (Å²) in [6.07, 6.45) is 1.48. The van der Waals surface area contributed by atoms with Crippen molar-refractivity contribution in [2.45, 2.75) is 6.54 Å². The lowest BCUT2D eigenvalue weighted by Crippen LogP contribution is -2.35. The van der Waals surface area contributed by atoms with Gasteiger partial charge in [0.2, 0.25) is 0 Å². The molecule has 3 aromatic rings. The number of carbonyl (C=O) groups is 1. The molecule has 1 aromatic carbocycles. The molecule has 1 aliphatic rings. The third kappa shape index (κ3) is 3.33. The van der Waals surface area contributed by atoms with Gasteiger partial charge < -0.3 is 9.15 Å². The molecule has 0 radical (unpaired) electrons. The summed E-state index contributed by atoms with van der Waals surface area (Å²) in [6.45, 7) is 4.43. The fourth-order valence-electron chi connectivity index (χ4n) is 2.70. The lowest BCUT2D eigenvalue weighted by molar-refractivity contribution is 0.0342. The number of aromatic nitrogens is 1. The van der Waals surface area contributed by atoms with E-state index in [1.165, 1.54) is 23.2 Å². The van der Waals surface area contributed by atoms with E-state index in [9.17, 15) is 4.79 Å². The maximum Gasteiger partial charge on any atom is 0.293 e. The normalized spacial score (nSPS) is 15.7. The average molecular weight is 343 g/mol.